The van der Waals surface area contributed by atoms with Gasteiger partial charge in [0.15, 0.2) is 0 Å². The number of carbonyl (C=O) groups excluding carboxylic acids is 2. The van der Waals surface area contributed by atoms with Crippen molar-refractivity contribution in [3.05, 3.63) is 17.5 Å². The molecule has 20 heavy (non-hydrogen) atoms. The molecule has 2 rings (SSSR count). The van der Waals surface area contributed by atoms with Gasteiger partial charge in [0.2, 0.25) is 11.8 Å². The van der Waals surface area contributed by atoms with Crippen LogP contribution in [-0.4, -0.2) is 39.1 Å². The summed E-state index contributed by atoms with van der Waals surface area (Å²) in [5.74, 6) is -0.0178. The van der Waals surface area contributed by atoms with E-state index in [9.17, 15) is 9.59 Å². The third-order valence-corrected chi connectivity index (χ3v) is 3.53. The van der Waals surface area contributed by atoms with Crippen LogP contribution in [-0.2, 0) is 22.7 Å². The highest BCUT2D eigenvalue weighted by molar-refractivity contribution is 5.94. The molecule has 110 valence electrons. The molecule has 1 aliphatic rings. The van der Waals surface area contributed by atoms with Gasteiger partial charge in [-0.2, -0.15) is 5.10 Å². The molecule has 6 heteroatoms. The number of aromatic nitrogens is 2. The SMILES string of the molecule is CCn1nc(C)cc1CN1CC(=O)NC(C(C)C)C1=O. The number of nitrogens with zero attached hydrogens (tertiary/aromatic N) is 3. The van der Waals surface area contributed by atoms with Crippen LogP contribution in [0.1, 0.15) is 32.2 Å². The van der Waals surface area contributed by atoms with Crippen molar-refractivity contribution in [2.75, 3.05) is 6.54 Å². The first-order valence-electron chi connectivity index (χ1n) is 7.03. The van der Waals surface area contributed by atoms with Crippen LogP contribution in [0.25, 0.3) is 0 Å². The summed E-state index contributed by atoms with van der Waals surface area (Å²) >= 11 is 0. The Kier molecular flexibility index (Phi) is 4.11. The van der Waals surface area contributed by atoms with E-state index in [2.05, 4.69) is 10.4 Å². The van der Waals surface area contributed by atoms with Gasteiger partial charge in [0.05, 0.1) is 17.9 Å². The average molecular weight is 278 g/mol. The molecule has 0 aliphatic carbocycles. The topological polar surface area (TPSA) is 67.2 Å². The van der Waals surface area contributed by atoms with Crippen LogP contribution in [0, 0.1) is 12.8 Å². The predicted molar refractivity (Wildman–Crippen MR) is 74.8 cm³/mol. The number of nitrogens with one attached hydrogen (secondary N) is 1. The van der Waals surface area contributed by atoms with Gasteiger partial charge in [-0.3, -0.25) is 14.3 Å². The van der Waals surface area contributed by atoms with E-state index in [1.807, 2.05) is 38.4 Å². The standard InChI is InChI=1S/C14H22N4O2/c1-5-18-11(6-10(4)16-18)7-17-8-12(19)15-13(9(2)3)14(17)20/h6,9,13H,5,7-8H2,1-4H3,(H,15,19). The molecule has 0 radical (unpaired) electrons. The van der Waals surface area contributed by atoms with Gasteiger partial charge in [-0.1, -0.05) is 13.8 Å². The molecular weight excluding hydrogens is 256 g/mol. The van der Waals surface area contributed by atoms with E-state index in [0.29, 0.717) is 6.54 Å². The lowest BCUT2D eigenvalue weighted by Crippen LogP contribution is -2.59. The summed E-state index contributed by atoms with van der Waals surface area (Å²) in [5, 5.41) is 7.13. The number of amides is 2. The Balaban J connectivity index is 2.18. The number of hydrogen-bond acceptors (Lipinski definition) is 3. The van der Waals surface area contributed by atoms with Crippen molar-refractivity contribution in [1.29, 1.82) is 0 Å². The summed E-state index contributed by atoms with van der Waals surface area (Å²) in [4.78, 5) is 25.8. The maximum absolute atomic E-state index is 12.4. The van der Waals surface area contributed by atoms with Crippen molar-refractivity contribution < 1.29 is 9.59 Å². The Morgan fingerprint density at radius 3 is 2.75 bits per heavy atom. The van der Waals surface area contributed by atoms with Crippen LogP contribution in [0.4, 0.5) is 0 Å². The van der Waals surface area contributed by atoms with E-state index in [1.54, 1.807) is 4.90 Å². The first-order chi connectivity index (χ1) is 9.42. The van der Waals surface area contributed by atoms with E-state index in [-0.39, 0.29) is 24.3 Å². The Bertz CT molecular complexity index is 521. The van der Waals surface area contributed by atoms with Crippen LogP contribution in [0.2, 0.25) is 0 Å². The molecule has 0 bridgehead atoms. The molecule has 2 heterocycles. The summed E-state index contributed by atoms with van der Waals surface area (Å²) in [6.07, 6.45) is 0. The fourth-order valence-electron chi connectivity index (χ4n) is 2.51. The molecule has 1 saturated heterocycles. The molecule has 1 aromatic rings. The summed E-state index contributed by atoms with van der Waals surface area (Å²) in [5.41, 5.74) is 1.90. The molecule has 1 aliphatic heterocycles. The van der Waals surface area contributed by atoms with Crippen LogP contribution >= 0.6 is 0 Å². The summed E-state index contributed by atoms with van der Waals surface area (Å²) in [6, 6.07) is 1.54. The molecular formula is C14H22N4O2. The van der Waals surface area contributed by atoms with Crippen LogP contribution < -0.4 is 5.32 Å². The van der Waals surface area contributed by atoms with Gasteiger partial charge in [-0.25, -0.2) is 0 Å². The zero-order valence-corrected chi connectivity index (χ0v) is 12.5. The fraction of sp³-hybridized carbons (Fsp3) is 0.643. The minimum absolute atomic E-state index is 0.0129. The number of rotatable bonds is 4. The third kappa shape index (κ3) is 2.84. The molecule has 1 N–H and O–H groups in total. The van der Waals surface area contributed by atoms with Gasteiger partial charge >= 0.3 is 0 Å². The molecule has 1 atom stereocenters. The lowest BCUT2D eigenvalue weighted by Gasteiger charge is -2.34. The van der Waals surface area contributed by atoms with Crippen LogP contribution in [0.3, 0.4) is 0 Å². The van der Waals surface area contributed by atoms with Crippen LogP contribution in [0.15, 0.2) is 6.07 Å². The van der Waals surface area contributed by atoms with Crippen molar-refractivity contribution >= 4 is 11.8 Å². The van der Waals surface area contributed by atoms with E-state index >= 15 is 0 Å². The number of hydrogen-bond donors (Lipinski definition) is 1. The van der Waals surface area contributed by atoms with Gasteiger partial charge in [-0.05, 0) is 25.8 Å². The summed E-state index contributed by atoms with van der Waals surface area (Å²) in [6.45, 7) is 9.12. The molecule has 0 aromatic carbocycles. The van der Waals surface area contributed by atoms with Gasteiger partial charge in [0.1, 0.15) is 12.6 Å². The number of piperazine rings is 1. The molecule has 6 nitrogen and oxygen atoms in total. The largest absolute Gasteiger partial charge is 0.343 e. The average Bonchev–Trinajstić information content (AvgIpc) is 2.73. The Hall–Kier alpha value is -1.85. The zero-order chi connectivity index (χ0) is 14.9. The minimum atomic E-state index is -0.421. The first-order valence-corrected chi connectivity index (χ1v) is 7.03. The second-order valence-electron chi connectivity index (χ2n) is 5.58. The predicted octanol–water partition coefficient (Wildman–Crippen LogP) is 0.694. The van der Waals surface area contributed by atoms with Gasteiger partial charge in [0, 0.05) is 6.54 Å². The normalized spacial score (nSPS) is 19.6. The summed E-state index contributed by atoms with van der Waals surface area (Å²) in [7, 11) is 0. The maximum atomic E-state index is 12.4. The minimum Gasteiger partial charge on any atom is -0.343 e. The smallest absolute Gasteiger partial charge is 0.246 e. The number of aryl methyl sites for hydroxylation is 2. The Morgan fingerprint density at radius 2 is 2.15 bits per heavy atom. The second-order valence-corrected chi connectivity index (χ2v) is 5.58. The molecule has 2 amide bonds. The van der Waals surface area contributed by atoms with Crippen LogP contribution in [0.5, 0.6) is 0 Å². The van der Waals surface area contributed by atoms with Gasteiger partial charge < -0.3 is 10.2 Å². The van der Waals surface area contributed by atoms with E-state index < -0.39 is 6.04 Å². The van der Waals surface area contributed by atoms with Crippen molar-refractivity contribution in [3.8, 4) is 0 Å². The van der Waals surface area contributed by atoms with Gasteiger partial charge in [-0.15, -0.1) is 0 Å². The highest BCUT2D eigenvalue weighted by atomic mass is 16.2. The van der Waals surface area contributed by atoms with E-state index in [0.717, 1.165) is 17.9 Å². The molecule has 1 aromatic heterocycles. The molecule has 0 spiro atoms. The zero-order valence-electron chi connectivity index (χ0n) is 12.5. The number of carbonyl (C=O) groups is 2. The lowest BCUT2D eigenvalue weighted by atomic mass is 10.0. The molecule has 1 fully saturated rings. The van der Waals surface area contributed by atoms with Crippen molar-refractivity contribution in [2.45, 2.75) is 46.8 Å². The summed E-state index contributed by atoms with van der Waals surface area (Å²) < 4.78 is 1.87. The first kappa shape index (κ1) is 14.6. The fourth-order valence-corrected chi connectivity index (χ4v) is 2.51. The van der Waals surface area contributed by atoms with Gasteiger partial charge in [0.25, 0.3) is 0 Å². The van der Waals surface area contributed by atoms with E-state index in [1.165, 1.54) is 0 Å². The maximum Gasteiger partial charge on any atom is 0.246 e. The Morgan fingerprint density at radius 1 is 1.45 bits per heavy atom. The monoisotopic (exact) mass is 278 g/mol. The Labute approximate surface area is 119 Å². The van der Waals surface area contributed by atoms with E-state index in [4.69, 9.17) is 0 Å². The van der Waals surface area contributed by atoms with Crippen molar-refractivity contribution in [2.24, 2.45) is 5.92 Å². The highest BCUT2D eigenvalue weighted by Crippen LogP contribution is 2.15. The molecule has 0 saturated carbocycles. The molecule has 1 unspecified atom stereocenters. The highest BCUT2D eigenvalue weighted by Gasteiger charge is 2.34. The second kappa shape index (κ2) is 5.64. The van der Waals surface area contributed by atoms with Crippen molar-refractivity contribution in [3.63, 3.8) is 0 Å². The third-order valence-electron chi connectivity index (χ3n) is 3.53. The van der Waals surface area contributed by atoms with Crippen molar-refractivity contribution in [1.82, 2.24) is 20.0 Å². The quantitative estimate of drug-likeness (QED) is 0.881. The lowest BCUT2D eigenvalue weighted by molar-refractivity contribution is -0.146.